The summed E-state index contributed by atoms with van der Waals surface area (Å²) >= 11 is 3.25. The first-order valence-corrected chi connectivity index (χ1v) is 6.91. The Hall–Kier alpha value is -1.42. The Balaban J connectivity index is 2.07. The molecule has 0 saturated carbocycles. The summed E-state index contributed by atoms with van der Waals surface area (Å²) < 4.78 is 29.1. The minimum atomic E-state index is -1.46. The third-order valence-corrected chi connectivity index (χ3v) is 3.88. The molecule has 4 heteroatoms. The highest BCUT2D eigenvalue weighted by Crippen LogP contribution is 2.37. The van der Waals surface area contributed by atoms with Crippen molar-refractivity contribution in [3.05, 3.63) is 63.4 Å². The van der Waals surface area contributed by atoms with Crippen molar-refractivity contribution in [3.8, 4) is 0 Å². The van der Waals surface area contributed by atoms with Crippen molar-refractivity contribution in [2.45, 2.75) is 12.6 Å². The third kappa shape index (κ3) is 2.25. The first kappa shape index (κ1) is 12.6. The van der Waals surface area contributed by atoms with E-state index in [9.17, 15) is 8.78 Å². The van der Waals surface area contributed by atoms with Gasteiger partial charge in [0.05, 0.1) is 0 Å². The van der Waals surface area contributed by atoms with Gasteiger partial charge in [0.1, 0.15) is 5.82 Å². The van der Waals surface area contributed by atoms with Crippen LogP contribution in [0.4, 0.5) is 14.5 Å². The zero-order chi connectivity index (χ0) is 13.4. The highest BCUT2D eigenvalue weighted by Gasteiger charge is 2.23. The van der Waals surface area contributed by atoms with E-state index in [1.165, 1.54) is 12.1 Å². The number of hydrogen-bond donors (Lipinski definition) is 1. The summed E-state index contributed by atoms with van der Waals surface area (Å²) in [6.45, 7) is 0.806. The molecule has 0 spiro atoms. The van der Waals surface area contributed by atoms with Crippen LogP contribution in [-0.2, 0) is 6.42 Å². The van der Waals surface area contributed by atoms with Gasteiger partial charge in [0, 0.05) is 27.8 Å². The topological polar surface area (TPSA) is 12.0 Å². The number of hydrogen-bond acceptors (Lipinski definition) is 1. The van der Waals surface area contributed by atoms with Gasteiger partial charge in [-0.2, -0.15) is 0 Å². The van der Waals surface area contributed by atoms with Crippen LogP contribution in [0.15, 0.2) is 40.9 Å². The molecule has 0 aliphatic carbocycles. The van der Waals surface area contributed by atoms with Crippen LogP contribution in [0.3, 0.4) is 0 Å². The van der Waals surface area contributed by atoms with E-state index in [1.54, 1.807) is 12.1 Å². The van der Waals surface area contributed by atoms with Crippen molar-refractivity contribution in [1.82, 2.24) is 0 Å². The number of fused-ring (bicyclic) bond motifs is 1. The van der Waals surface area contributed by atoms with Crippen LogP contribution >= 0.6 is 15.9 Å². The van der Waals surface area contributed by atoms with Crippen LogP contribution in [-0.4, -0.2) is 6.54 Å². The van der Waals surface area contributed by atoms with Crippen LogP contribution in [0.5, 0.6) is 0 Å². The van der Waals surface area contributed by atoms with E-state index in [0.717, 1.165) is 24.2 Å². The Bertz CT molecular complexity index is 628. The number of alkyl halides is 1. The average Bonchev–Trinajstić information content (AvgIpc) is 2.89. The molecule has 1 nitrogen and oxygen atoms in total. The Kier molecular flexibility index (Phi) is 3.27. The molecule has 0 fully saturated rings. The molecule has 3 rings (SSSR count). The lowest BCUT2D eigenvalue weighted by molar-refractivity contribution is 0.388. The summed E-state index contributed by atoms with van der Waals surface area (Å²) in [5.41, 5.74) is 2.48. The standard InChI is InChI=1S/C15H12BrF2N/c16-10-4-5-13(17)12(8-10)14(18)11-3-1-2-9-6-7-19-15(9)11/h1-5,8,14,19H,6-7H2. The SMILES string of the molecule is Fc1ccc(Br)cc1C(F)c1cccc2c1NCC2. The molecule has 0 saturated heterocycles. The monoisotopic (exact) mass is 323 g/mol. The molecule has 1 unspecified atom stereocenters. The predicted molar refractivity (Wildman–Crippen MR) is 75.7 cm³/mol. The fraction of sp³-hybridized carbons (Fsp3) is 0.200. The quantitative estimate of drug-likeness (QED) is 0.850. The highest BCUT2D eigenvalue weighted by atomic mass is 79.9. The van der Waals surface area contributed by atoms with Crippen molar-refractivity contribution in [3.63, 3.8) is 0 Å². The lowest BCUT2D eigenvalue weighted by atomic mass is 9.98. The van der Waals surface area contributed by atoms with Crippen LogP contribution in [0.1, 0.15) is 22.9 Å². The van der Waals surface area contributed by atoms with Gasteiger partial charge in [0.25, 0.3) is 0 Å². The van der Waals surface area contributed by atoms with E-state index < -0.39 is 12.0 Å². The minimum Gasteiger partial charge on any atom is -0.384 e. The summed E-state index contributed by atoms with van der Waals surface area (Å²) in [5, 5.41) is 3.18. The maximum atomic E-state index is 14.7. The largest absolute Gasteiger partial charge is 0.384 e. The molecule has 0 amide bonds. The van der Waals surface area contributed by atoms with Crippen molar-refractivity contribution >= 4 is 21.6 Å². The van der Waals surface area contributed by atoms with Crippen LogP contribution < -0.4 is 5.32 Å². The summed E-state index contributed by atoms with van der Waals surface area (Å²) in [6, 6.07) is 9.85. The van der Waals surface area contributed by atoms with Gasteiger partial charge in [-0.1, -0.05) is 34.1 Å². The van der Waals surface area contributed by atoms with Crippen molar-refractivity contribution in [2.75, 3.05) is 11.9 Å². The molecular formula is C15H12BrF2N. The zero-order valence-corrected chi connectivity index (χ0v) is 11.7. The number of anilines is 1. The van der Waals surface area contributed by atoms with Gasteiger partial charge in [-0.15, -0.1) is 0 Å². The highest BCUT2D eigenvalue weighted by molar-refractivity contribution is 9.10. The second-order valence-corrected chi connectivity index (χ2v) is 5.50. The molecule has 19 heavy (non-hydrogen) atoms. The Labute approximate surface area is 118 Å². The second-order valence-electron chi connectivity index (χ2n) is 4.59. The molecular weight excluding hydrogens is 312 g/mol. The number of benzene rings is 2. The van der Waals surface area contributed by atoms with E-state index in [0.29, 0.717) is 10.0 Å². The Morgan fingerprint density at radius 1 is 1.16 bits per heavy atom. The van der Waals surface area contributed by atoms with Crippen LogP contribution in [0.25, 0.3) is 0 Å². The van der Waals surface area contributed by atoms with E-state index in [4.69, 9.17) is 0 Å². The number of para-hydroxylation sites is 1. The minimum absolute atomic E-state index is 0.0662. The molecule has 0 bridgehead atoms. The predicted octanol–water partition coefficient (Wildman–Crippen LogP) is 4.62. The number of rotatable bonds is 2. The van der Waals surface area contributed by atoms with Crippen LogP contribution in [0.2, 0.25) is 0 Å². The molecule has 0 radical (unpaired) electrons. The summed E-state index contributed by atoms with van der Waals surface area (Å²) in [6.07, 6.45) is -0.574. The van der Waals surface area contributed by atoms with E-state index in [2.05, 4.69) is 21.2 Å². The van der Waals surface area contributed by atoms with E-state index in [-0.39, 0.29) is 5.56 Å². The maximum Gasteiger partial charge on any atom is 0.155 e. The van der Waals surface area contributed by atoms with Gasteiger partial charge >= 0.3 is 0 Å². The summed E-state index contributed by atoms with van der Waals surface area (Å²) in [4.78, 5) is 0. The molecule has 1 atom stereocenters. The van der Waals surface area contributed by atoms with E-state index >= 15 is 0 Å². The lowest BCUT2D eigenvalue weighted by Crippen LogP contribution is -2.02. The molecule has 1 N–H and O–H groups in total. The third-order valence-electron chi connectivity index (χ3n) is 3.38. The number of nitrogens with one attached hydrogen (secondary N) is 1. The second kappa shape index (κ2) is 4.93. The van der Waals surface area contributed by atoms with Gasteiger partial charge < -0.3 is 5.32 Å². The van der Waals surface area contributed by atoms with Gasteiger partial charge in [0.15, 0.2) is 6.17 Å². The smallest absolute Gasteiger partial charge is 0.155 e. The maximum absolute atomic E-state index is 14.7. The lowest BCUT2D eigenvalue weighted by Gasteiger charge is -2.14. The van der Waals surface area contributed by atoms with E-state index in [1.807, 2.05) is 12.1 Å². The average molecular weight is 324 g/mol. The fourth-order valence-electron chi connectivity index (χ4n) is 2.45. The molecule has 2 aromatic carbocycles. The molecule has 0 aromatic heterocycles. The fourth-order valence-corrected chi connectivity index (χ4v) is 2.83. The summed E-state index contributed by atoms with van der Waals surface area (Å²) in [7, 11) is 0. The molecule has 1 aliphatic rings. The molecule has 1 aliphatic heterocycles. The molecule has 1 heterocycles. The van der Waals surface area contributed by atoms with Gasteiger partial charge in [-0.3, -0.25) is 0 Å². The van der Waals surface area contributed by atoms with Gasteiger partial charge in [-0.05, 0) is 30.2 Å². The molecule has 98 valence electrons. The zero-order valence-electron chi connectivity index (χ0n) is 10.1. The first-order chi connectivity index (χ1) is 9.16. The van der Waals surface area contributed by atoms with Crippen molar-refractivity contribution in [2.24, 2.45) is 0 Å². The van der Waals surface area contributed by atoms with Crippen molar-refractivity contribution < 1.29 is 8.78 Å². The van der Waals surface area contributed by atoms with Crippen LogP contribution in [0, 0.1) is 5.82 Å². The van der Waals surface area contributed by atoms with Gasteiger partial charge in [-0.25, -0.2) is 8.78 Å². The molecule has 2 aromatic rings. The normalized spacial score (nSPS) is 14.9. The Morgan fingerprint density at radius 3 is 2.84 bits per heavy atom. The Morgan fingerprint density at radius 2 is 2.00 bits per heavy atom. The van der Waals surface area contributed by atoms with Gasteiger partial charge in [0.2, 0.25) is 0 Å². The van der Waals surface area contributed by atoms with Crippen molar-refractivity contribution in [1.29, 1.82) is 0 Å². The number of halogens is 3. The summed E-state index contributed by atoms with van der Waals surface area (Å²) in [5.74, 6) is -0.522. The first-order valence-electron chi connectivity index (χ1n) is 6.11.